The Morgan fingerprint density at radius 3 is 2.77 bits per heavy atom. The quantitative estimate of drug-likeness (QED) is 0.332. The van der Waals surface area contributed by atoms with Crippen LogP contribution in [-0.2, 0) is 14.8 Å². The normalized spacial score (nSPS) is 17.7. The zero-order chi connectivity index (χ0) is 20.9. The third kappa shape index (κ3) is 5.94. The Hall–Kier alpha value is -1.21. The van der Waals surface area contributed by atoms with Gasteiger partial charge in [-0.25, -0.2) is 8.42 Å². The number of sulfonamides is 1. The van der Waals surface area contributed by atoms with Gasteiger partial charge in [0.25, 0.3) is 10.0 Å². The number of nitrogens with one attached hydrogen (secondary N) is 1. The van der Waals surface area contributed by atoms with Gasteiger partial charge in [0.05, 0.1) is 13.2 Å². The van der Waals surface area contributed by atoms with Gasteiger partial charge in [-0.1, -0.05) is 30.3 Å². The summed E-state index contributed by atoms with van der Waals surface area (Å²) in [5.74, 6) is 0.758. The van der Waals surface area contributed by atoms with Crippen LogP contribution in [0.25, 0.3) is 0 Å². The molecule has 1 aliphatic rings. The second kappa shape index (κ2) is 11.4. The maximum Gasteiger partial charge on any atom is 0.252 e. The van der Waals surface area contributed by atoms with E-state index in [4.69, 9.17) is 4.74 Å². The van der Waals surface area contributed by atoms with Gasteiger partial charge in [0.15, 0.2) is 5.96 Å². The van der Waals surface area contributed by atoms with E-state index in [9.17, 15) is 8.42 Å². The highest BCUT2D eigenvalue weighted by atomic mass is 127. The Morgan fingerprint density at radius 2 is 2.10 bits per heavy atom. The van der Waals surface area contributed by atoms with Crippen LogP contribution < -0.4 is 5.32 Å². The smallest absolute Gasteiger partial charge is 0.252 e. The second-order valence-electron chi connectivity index (χ2n) is 6.89. The molecule has 1 aromatic carbocycles. The van der Waals surface area contributed by atoms with Crippen LogP contribution in [0.1, 0.15) is 17.2 Å². The molecule has 0 saturated carbocycles. The number of benzene rings is 1. The molecule has 30 heavy (non-hydrogen) atoms. The van der Waals surface area contributed by atoms with E-state index in [-0.39, 0.29) is 30.1 Å². The molecule has 1 saturated heterocycles. The van der Waals surface area contributed by atoms with E-state index in [1.165, 1.54) is 26.8 Å². The number of morpholine rings is 1. The summed E-state index contributed by atoms with van der Waals surface area (Å²) < 4.78 is 32.8. The topological polar surface area (TPSA) is 74.2 Å². The first-order valence-corrected chi connectivity index (χ1v) is 11.9. The highest BCUT2D eigenvalue weighted by Crippen LogP contribution is 2.25. The molecule has 2 aromatic rings. The van der Waals surface area contributed by atoms with Crippen LogP contribution in [0, 0.1) is 6.92 Å². The second-order valence-corrected chi connectivity index (χ2v) is 10.1. The maximum absolute atomic E-state index is 12.5. The molecule has 1 N–H and O–H groups in total. The van der Waals surface area contributed by atoms with E-state index in [2.05, 4.69) is 34.3 Å². The molecular formula is C20H29IN4O3S2. The first-order chi connectivity index (χ1) is 13.9. The van der Waals surface area contributed by atoms with E-state index >= 15 is 0 Å². The number of thiophene rings is 1. The first-order valence-electron chi connectivity index (χ1n) is 9.56. The minimum atomic E-state index is -3.44. The Bertz CT molecular complexity index is 935. The van der Waals surface area contributed by atoms with Gasteiger partial charge in [0.2, 0.25) is 0 Å². The molecule has 3 rings (SSSR count). The number of nitrogens with zero attached hydrogens (tertiary/aromatic N) is 3. The van der Waals surface area contributed by atoms with E-state index in [1.54, 1.807) is 31.6 Å². The monoisotopic (exact) mass is 564 g/mol. The Labute approximate surface area is 200 Å². The van der Waals surface area contributed by atoms with Crippen LogP contribution in [0.5, 0.6) is 0 Å². The third-order valence-corrected chi connectivity index (χ3v) is 8.21. The van der Waals surface area contributed by atoms with Crippen LogP contribution in [-0.4, -0.2) is 70.5 Å². The molecule has 0 aliphatic carbocycles. The lowest BCUT2D eigenvalue weighted by Crippen LogP contribution is -2.49. The number of hydrogen-bond donors (Lipinski definition) is 1. The number of aryl methyl sites for hydroxylation is 1. The van der Waals surface area contributed by atoms with Gasteiger partial charge in [0, 0.05) is 33.7 Å². The van der Waals surface area contributed by atoms with Crippen molar-refractivity contribution in [2.45, 2.75) is 17.2 Å². The summed E-state index contributed by atoms with van der Waals surface area (Å²) in [5.41, 5.74) is 2.40. The Kier molecular flexibility index (Phi) is 9.54. The van der Waals surface area contributed by atoms with Crippen LogP contribution in [0.3, 0.4) is 0 Å². The summed E-state index contributed by atoms with van der Waals surface area (Å²) in [6.45, 7) is 4.98. The molecular weight excluding hydrogens is 535 g/mol. The molecule has 0 radical (unpaired) electrons. The standard InChI is InChI=1S/C20H28N4O3S2.HI/c1-16-7-4-5-8-17(16)18-15-24(12-13-27-18)20(21-2)22-10-11-23(3)29(25,26)19-9-6-14-28-19;/h4-9,14,18H,10-13,15H2,1-3H3,(H,21,22);1H. The van der Waals surface area contributed by atoms with Crippen molar-refractivity contribution >= 4 is 51.3 Å². The Morgan fingerprint density at radius 1 is 1.33 bits per heavy atom. The fourth-order valence-corrected chi connectivity index (χ4v) is 5.69. The number of guanidine groups is 1. The van der Waals surface area contributed by atoms with Crippen molar-refractivity contribution in [2.75, 3.05) is 46.9 Å². The fraction of sp³-hybridized carbons (Fsp3) is 0.450. The number of rotatable bonds is 6. The summed E-state index contributed by atoms with van der Waals surface area (Å²) in [7, 11) is -0.0940. The number of hydrogen-bond acceptors (Lipinski definition) is 5. The van der Waals surface area contributed by atoms with Crippen LogP contribution in [0.2, 0.25) is 0 Å². The molecule has 1 atom stereocenters. The lowest BCUT2D eigenvalue weighted by Gasteiger charge is -2.36. The predicted molar refractivity (Wildman–Crippen MR) is 132 cm³/mol. The van der Waals surface area contributed by atoms with Gasteiger partial charge in [-0.15, -0.1) is 35.3 Å². The number of likely N-dealkylation sites (N-methyl/N-ethyl adjacent to an activating group) is 1. The van der Waals surface area contributed by atoms with Crippen LogP contribution in [0.4, 0.5) is 0 Å². The highest BCUT2D eigenvalue weighted by Gasteiger charge is 2.26. The molecule has 1 unspecified atom stereocenters. The summed E-state index contributed by atoms with van der Waals surface area (Å²) in [6.07, 6.45) is -0.00891. The zero-order valence-corrected chi connectivity index (χ0v) is 21.4. The average Bonchev–Trinajstić information content (AvgIpc) is 3.27. The van der Waals surface area contributed by atoms with Crippen molar-refractivity contribution in [3.05, 3.63) is 52.9 Å². The van der Waals surface area contributed by atoms with Crippen molar-refractivity contribution in [1.82, 2.24) is 14.5 Å². The lowest BCUT2D eigenvalue weighted by atomic mass is 10.0. The number of aliphatic imine (C=N–C) groups is 1. The van der Waals surface area contributed by atoms with Crippen LogP contribution in [0.15, 0.2) is 51.0 Å². The van der Waals surface area contributed by atoms with Gasteiger partial charge >= 0.3 is 0 Å². The van der Waals surface area contributed by atoms with Crippen LogP contribution >= 0.6 is 35.3 Å². The molecule has 2 heterocycles. The molecule has 1 aromatic heterocycles. The van der Waals surface area contributed by atoms with Crippen molar-refractivity contribution in [3.63, 3.8) is 0 Å². The molecule has 7 nitrogen and oxygen atoms in total. The molecule has 0 amide bonds. The summed E-state index contributed by atoms with van der Waals surface area (Å²) in [6, 6.07) is 11.6. The van der Waals surface area contributed by atoms with Crippen molar-refractivity contribution in [2.24, 2.45) is 4.99 Å². The molecule has 1 fully saturated rings. The van der Waals surface area contributed by atoms with Crippen molar-refractivity contribution < 1.29 is 13.2 Å². The van der Waals surface area contributed by atoms with Gasteiger partial charge in [0.1, 0.15) is 10.3 Å². The first kappa shape index (κ1) is 25.1. The fourth-order valence-electron chi connectivity index (χ4n) is 3.32. The SMILES string of the molecule is CN=C(NCCN(C)S(=O)(=O)c1cccs1)N1CCOC(c2ccccc2C)C1.I. The van der Waals surface area contributed by atoms with Gasteiger partial charge in [-0.05, 0) is 29.5 Å². The Balaban J connectivity index is 0.00000320. The number of ether oxygens (including phenoxy) is 1. The zero-order valence-electron chi connectivity index (χ0n) is 17.4. The summed E-state index contributed by atoms with van der Waals surface area (Å²) >= 11 is 1.23. The van der Waals surface area contributed by atoms with E-state index in [0.717, 1.165) is 12.5 Å². The van der Waals surface area contributed by atoms with Gasteiger partial charge in [-0.3, -0.25) is 4.99 Å². The number of halogens is 1. The van der Waals surface area contributed by atoms with Crippen molar-refractivity contribution in [3.8, 4) is 0 Å². The molecule has 0 bridgehead atoms. The lowest BCUT2D eigenvalue weighted by molar-refractivity contribution is -0.00830. The van der Waals surface area contributed by atoms with Gasteiger partial charge in [-0.2, -0.15) is 4.31 Å². The minimum absolute atomic E-state index is 0. The van der Waals surface area contributed by atoms with E-state index in [0.29, 0.717) is 30.5 Å². The average molecular weight is 565 g/mol. The van der Waals surface area contributed by atoms with E-state index in [1.807, 2.05) is 12.1 Å². The molecule has 1 aliphatic heterocycles. The predicted octanol–water partition coefficient (Wildman–Crippen LogP) is 2.94. The largest absolute Gasteiger partial charge is 0.370 e. The van der Waals surface area contributed by atoms with Crippen molar-refractivity contribution in [1.29, 1.82) is 0 Å². The molecule has 166 valence electrons. The summed E-state index contributed by atoms with van der Waals surface area (Å²) in [4.78, 5) is 6.54. The van der Waals surface area contributed by atoms with E-state index < -0.39 is 10.0 Å². The molecule has 0 spiro atoms. The molecule has 10 heteroatoms. The summed E-state index contributed by atoms with van der Waals surface area (Å²) in [5, 5.41) is 5.06. The minimum Gasteiger partial charge on any atom is -0.370 e. The highest BCUT2D eigenvalue weighted by molar-refractivity contribution is 14.0. The third-order valence-electron chi connectivity index (χ3n) is 4.98. The maximum atomic E-state index is 12.5. The van der Waals surface area contributed by atoms with Gasteiger partial charge < -0.3 is 15.0 Å².